The molecule has 3 nitrogen and oxygen atoms in total. The van der Waals surface area contributed by atoms with E-state index >= 15 is 0 Å². The summed E-state index contributed by atoms with van der Waals surface area (Å²) < 4.78 is 25.0. The first-order chi connectivity index (χ1) is 13.7. The van der Waals surface area contributed by atoms with Gasteiger partial charge in [-0.3, -0.25) is 4.79 Å². The van der Waals surface area contributed by atoms with Crippen LogP contribution in [0.5, 0.6) is 11.5 Å². The molecule has 0 atom stereocenters. The summed E-state index contributed by atoms with van der Waals surface area (Å²) in [4.78, 5) is 12.5. The third-order valence-corrected chi connectivity index (χ3v) is 4.33. The fraction of sp³-hybridized carbons (Fsp3) is 0.0417. The van der Waals surface area contributed by atoms with Gasteiger partial charge in [-0.25, -0.2) is 4.39 Å². The van der Waals surface area contributed by atoms with Crippen molar-refractivity contribution in [2.24, 2.45) is 0 Å². The number of rotatable bonds is 5. The molecule has 1 aliphatic heterocycles. The Morgan fingerprint density at radius 1 is 0.964 bits per heavy atom. The van der Waals surface area contributed by atoms with E-state index in [9.17, 15) is 9.18 Å². The number of hydrogen-bond donors (Lipinski definition) is 0. The van der Waals surface area contributed by atoms with Crippen LogP contribution in [0.1, 0.15) is 21.5 Å². The zero-order valence-corrected chi connectivity index (χ0v) is 15.0. The SMILES string of the molecule is O=C1/C(=C\C=C\c2ccccc2)Oc2cc(OCc3ccccc3F)ccc21. The molecule has 0 spiro atoms. The molecule has 0 aromatic heterocycles. The Kier molecular flexibility index (Phi) is 5.02. The summed E-state index contributed by atoms with van der Waals surface area (Å²) in [6.07, 6.45) is 5.33. The Bertz CT molecular complexity index is 1070. The molecule has 0 radical (unpaired) electrons. The molecule has 4 rings (SSSR count). The molecule has 138 valence electrons. The van der Waals surface area contributed by atoms with Crippen LogP contribution in [0.2, 0.25) is 0 Å². The largest absolute Gasteiger partial charge is 0.489 e. The van der Waals surface area contributed by atoms with E-state index in [1.54, 1.807) is 48.6 Å². The molecule has 3 aromatic carbocycles. The van der Waals surface area contributed by atoms with Crippen molar-refractivity contribution in [1.82, 2.24) is 0 Å². The van der Waals surface area contributed by atoms with E-state index in [4.69, 9.17) is 9.47 Å². The summed E-state index contributed by atoms with van der Waals surface area (Å²) in [7, 11) is 0. The van der Waals surface area contributed by atoms with Crippen LogP contribution in [0.15, 0.2) is 90.7 Å². The molecule has 0 aliphatic carbocycles. The lowest BCUT2D eigenvalue weighted by Crippen LogP contribution is -1.98. The molecule has 1 heterocycles. The topological polar surface area (TPSA) is 35.5 Å². The molecule has 0 saturated carbocycles. The monoisotopic (exact) mass is 372 g/mol. The van der Waals surface area contributed by atoms with E-state index in [2.05, 4.69) is 0 Å². The van der Waals surface area contributed by atoms with Crippen molar-refractivity contribution in [3.05, 3.63) is 113 Å². The Morgan fingerprint density at radius 3 is 2.57 bits per heavy atom. The highest BCUT2D eigenvalue weighted by atomic mass is 19.1. The number of carbonyl (C=O) groups is 1. The van der Waals surface area contributed by atoms with E-state index in [0.717, 1.165) is 5.56 Å². The van der Waals surface area contributed by atoms with Gasteiger partial charge >= 0.3 is 0 Å². The first kappa shape index (κ1) is 17.7. The number of ketones is 1. The highest BCUT2D eigenvalue weighted by molar-refractivity contribution is 6.12. The number of allylic oxidation sites excluding steroid dienone is 3. The predicted octanol–water partition coefficient (Wildman–Crippen LogP) is 5.58. The number of benzene rings is 3. The Balaban J connectivity index is 1.46. The summed E-state index contributed by atoms with van der Waals surface area (Å²) in [6, 6.07) is 21.2. The van der Waals surface area contributed by atoms with Crippen molar-refractivity contribution in [2.45, 2.75) is 6.61 Å². The lowest BCUT2D eigenvalue weighted by molar-refractivity contribution is 0.101. The van der Waals surface area contributed by atoms with Crippen molar-refractivity contribution >= 4 is 11.9 Å². The summed E-state index contributed by atoms with van der Waals surface area (Å²) in [5.74, 6) is 0.721. The first-order valence-corrected chi connectivity index (χ1v) is 8.87. The Morgan fingerprint density at radius 2 is 1.75 bits per heavy atom. The maximum atomic E-state index is 13.7. The molecule has 3 aromatic rings. The van der Waals surface area contributed by atoms with Gasteiger partial charge in [-0.05, 0) is 29.8 Å². The van der Waals surface area contributed by atoms with Gasteiger partial charge in [0.15, 0.2) is 5.76 Å². The van der Waals surface area contributed by atoms with Crippen LogP contribution in [0.25, 0.3) is 6.08 Å². The van der Waals surface area contributed by atoms with Gasteiger partial charge in [0.05, 0.1) is 5.56 Å². The van der Waals surface area contributed by atoms with Crippen molar-refractivity contribution in [1.29, 1.82) is 0 Å². The number of fused-ring (bicyclic) bond motifs is 1. The van der Waals surface area contributed by atoms with Gasteiger partial charge in [0.1, 0.15) is 23.9 Å². The van der Waals surface area contributed by atoms with Gasteiger partial charge in [0, 0.05) is 11.6 Å². The van der Waals surface area contributed by atoms with Gasteiger partial charge < -0.3 is 9.47 Å². The van der Waals surface area contributed by atoms with E-state index in [1.165, 1.54) is 6.07 Å². The minimum absolute atomic E-state index is 0.0991. The molecule has 1 aliphatic rings. The first-order valence-electron chi connectivity index (χ1n) is 8.87. The van der Waals surface area contributed by atoms with Gasteiger partial charge in [-0.2, -0.15) is 0 Å². The molecular weight excluding hydrogens is 355 g/mol. The van der Waals surface area contributed by atoms with E-state index in [0.29, 0.717) is 22.6 Å². The van der Waals surface area contributed by atoms with Crippen LogP contribution >= 0.6 is 0 Å². The van der Waals surface area contributed by atoms with Gasteiger partial charge in [-0.15, -0.1) is 0 Å². The van der Waals surface area contributed by atoms with Gasteiger partial charge in [0.2, 0.25) is 5.78 Å². The van der Waals surface area contributed by atoms with Crippen LogP contribution in [-0.4, -0.2) is 5.78 Å². The number of halogens is 1. The molecule has 28 heavy (non-hydrogen) atoms. The van der Waals surface area contributed by atoms with Gasteiger partial charge in [0.25, 0.3) is 0 Å². The Labute approximate surface area is 162 Å². The van der Waals surface area contributed by atoms with Crippen molar-refractivity contribution < 1.29 is 18.7 Å². The molecule has 4 heteroatoms. The van der Waals surface area contributed by atoms with Crippen LogP contribution < -0.4 is 9.47 Å². The zero-order valence-electron chi connectivity index (χ0n) is 15.0. The number of hydrogen-bond acceptors (Lipinski definition) is 3. The van der Waals surface area contributed by atoms with E-state index in [1.807, 2.05) is 36.4 Å². The standard InChI is InChI=1S/C24H17FO3/c25-21-11-5-4-10-18(21)16-27-19-13-14-20-23(15-19)28-22(24(20)26)12-6-9-17-7-2-1-3-8-17/h1-15H,16H2/b9-6+,22-12+. The van der Waals surface area contributed by atoms with Crippen molar-refractivity contribution in [3.63, 3.8) is 0 Å². The van der Waals surface area contributed by atoms with Crippen LogP contribution in [0.4, 0.5) is 4.39 Å². The highest BCUT2D eigenvalue weighted by Gasteiger charge is 2.27. The van der Waals surface area contributed by atoms with E-state index < -0.39 is 0 Å². The average Bonchev–Trinajstić information content (AvgIpc) is 3.03. The van der Waals surface area contributed by atoms with Crippen LogP contribution in [0.3, 0.4) is 0 Å². The zero-order chi connectivity index (χ0) is 19.3. The predicted molar refractivity (Wildman–Crippen MR) is 106 cm³/mol. The van der Waals surface area contributed by atoms with E-state index in [-0.39, 0.29) is 24.0 Å². The number of Topliss-reactive ketones (excluding diaryl/α,β-unsaturated/α-hetero) is 1. The molecule has 0 N–H and O–H groups in total. The Hall–Kier alpha value is -3.66. The van der Waals surface area contributed by atoms with Crippen molar-refractivity contribution in [3.8, 4) is 11.5 Å². The summed E-state index contributed by atoms with van der Waals surface area (Å²) in [5, 5.41) is 0. The third-order valence-electron chi connectivity index (χ3n) is 4.33. The minimum atomic E-state index is -0.314. The maximum Gasteiger partial charge on any atom is 0.231 e. The highest BCUT2D eigenvalue weighted by Crippen LogP contribution is 2.34. The molecule has 0 fully saturated rings. The second kappa shape index (κ2) is 7.92. The summed E-state index contributed by atoms with van der Waals surface area (Å²) >= 11 is 0. The minimum Gasteiger partial charge on any atom is -0.489 e. The fourth-order valence-corrected chi connectivity index (χ4v) is 2.86. The fourth-order valence-electron chi connectivity index (χ4n) is 2.86. The molecule has 0 unspecified atom stereocenters. The quantitative estimate of drug-likeness (QED) is 0.549. The number of ether oxygens (including phenoxy) is 2. The molecule has 0 amide bonds. The summed E-state index contributed by atoms with van der Waals surface area (Å²) in [6.45, 7) is 0.0991. The normalized spacial score (nSPS) is 14.3. The maximum absolute atomic E-state index is 13.7. The molecular formula is C24H17FO3. The lowest BCUT2D eigenvalue weighted by atomic mass is 10.1. The number of carbonyl (C=O) groups excluding carboxylic acids is 1. The third kappa shape index (κ3) is 3.86. The van der Waals surface area contributed by atoms with Gasteiger partial charge in [-0.1, -0.05) is 60.7 Å². The lowest BCUT2D eigenvalue weighted by Gasteiger charge is -2.08. The second-order valence-corrected chi connectivity index (χ2v) is 6.27. The summed E-state index contributed by atoms with van der Waals surface area (Å²) in [5.41, 5.74) is 1.98. The van der Waals surface area contributed by atoms with Crippen LogP contribution in [0, 0.1) is 5.82 Å². The van der Waals surface area contributed by atoms with Crippen LogP contribution in [-0.2, 0) is 6.61 Å². The average molecular weight is 372 g/mol. The van der Waals surface area contributed by atoms with Crippen molar-refractivity contribution in [2.75, 3.05) is 0 Å². The smallest absolute Gasteiger partial charge is 0.231 e. The second-order valence-electron chi connectivity index (χ2n) is 6.27. The molecule has 0 bridgehead atoms. The molecule has 0 saturated heterocycles.